The fourth-order valence-electron chi connectivity index (χ4n) is 0.159. The molecule has 62 valence electrons. The Hall–Kier alpha value is -0.210. The molecule has 0 rings (SSSR count). The van der Waals surface area contributed by atoms with Gasteiger partial charge in [-0.25, -0.2) is 0 Å². The third kappa shape index (κ3) is 4.65. The quantitative estimate of drug-likeness (QED) is 0.437. The summed E-state index contributed by atoms with van der Waals surface area (Å²) in [5.41, 5.74) is 1.71. The summed E-state index contributed by atoms with van der Waals surface area (Å²) in [7, 11) is -2.95. The molecule has 10 heavy (non-hydrogen) atoms. The van der Waals surface area contributed by atoms with E-state index in [1.807, 2.05) is 0 Å². The lowest BCUT2D eigenvalue weighted by Gasteiger charge is -2.01. The SMILES string of the molecule is CCONOS(=O)(=O)OC. The summed E-state index contributed by atoms with van der Waals surface area (Å²) in [6.45, 7) is 1.95. The summed E-state index contributed by atoms with van der Waals surface area (Å²) >= 11 is 0. The molecule has 0 radical (unpaired) electrons. The molecular formula is C3H9NO5S. The first kappa shape index (κ1) is 9.79. The van der Waals surface area contributed by atoms with Crippen LogP contribution in [0.4, 0.5) is 0 Å². The molecule has 0 amide bonds. The van der Waals surface area contributed by atoms with Crippen LogP contribution in [0, 0.1) is 0 Å². The maximum absolute atomic E-state index is 10.3. The second kappa shape index (κ2) is 4.58. The molecule has 0 aromatic carbocycles. The first-order valence-electron chi connectivity index (χ1n) is 2.48. The van der Waals surface area contributed by atoms with Gasteiger partial charge in [-0.05, 0) is 6.92 Å². The van der Waals surface area contributed by atoms with E-state index in [-0.39, 0.29) is 0 Å². The molecule has 0 fully saturated rings. The largest absolute Gasteiger partial charge is 0.417 e. The van der Waals surface area contributed by atoms with Crippen LogP contribution in [-0.4, -0.2) is 22.1 Å². The van der Waals surface area contributed by atoms with Gasteiger partial charge >= 0.3 is 10.4 Å². The summed E-state index contributed by atoms with van der Waals surface area (Å²) < 4.78 is 28.4. The summed E-state index contributed by atoms with van der Waals surface area (Å²) in [4.78, 5) is 4.34. The molecular weight excluding hydrogens is 162 g/mol. The van der Waals surface area contributed by atoms with Crippen molar-refractivity contribution in [3.05, 3.63) is 0 Å². The smallest absolute Gasteiger partial charge is 0.276 e. The normalized spacial score (nSPS) is 11.8. The number of hydrogen-bond acceptors (Lipinski definition) is 6. The van der Waals surface area contributed by atoms with Crippen LogP contribution in [-0.2, 0) is 23.7 Å². The van der Waals surface area contributed by atoms with Gasteiger partial charge in [0.05, 0.1) is 13.7 Å². The Kier molecular flexibility index (Phi) is 4.49. The second-order valence-electron chi connectivity index (χ2n) is 1.17. The van der Waals surface area contributed by atoms with E-state index in [1.165, 1.54) is 0 Å². The fraction of sp³-hybridized carbons (Fsp3) is 1.00. The average Bonchev–Trinajstić information content (AvgIpc) is 1.89. The molecule has 0 bridgehead atoms. The lowest BCUT2D eigenvalue weighted by molar-refractivity contribution is -0.104. The van der Waals surface area contributed by atoms with Crippen molar-refractivity contribution in [3.8, 4) is 0 Å². The van der Waals surface area contributed by atoms with Crippen LogP contribution < -0.4 is 5.64 Å². The zero-order valence-electron chi connectivity index (χ0n) is 5.66. The van der Waals surface area contributed by atoms with E-state index in [4.69, 9.17) is 0 Å². The van der Waals surface area contributed by atoms with Crippen LogP contribution >= 0.6 is 0 Å². The fourth-order valence-corrected chi connectivity index (χ4v) is 0.358. The maximum Gasteiger partial charge on any atom is 0.417 e. The van der Waals surface area contributed by atoms with Gasteiger partial charge in [0.1, 0.15) is 0 Å². The maximum atomic E-state index is 10.3. The number of nitrogens with one attached hydrogen (secondary N) is 1. The molecule has 0 aliphatic rings. The zero-order valence-corrected chi connectivity index (χ0v) is 6.47. The molecule has 0 saturated heterocycles. The Labute approximate surface area is 59.3 Å². The first-order chi connectivity index (χ1) is 4.62. The lowest BCUT2D eigenvalue weighted by Crippen LogP contribution is -2.21. The van der Waals surface area contributed by atoms with Gasteiger partial charge in [0.15, 0.2) is 0 Å². The van der Waals surface area contributed by atoms with E-state index in [0.29, 0.717) is 6.61 Å². The third-order valence-corrected chi connectivity index (χ3v) is 1.22. The van der Waals surface area contributed by atoms with Crippen LogP contribution in [0.15, 0.2) is 0 Å². The third-order valence-electron chi connectivity index (χ3n) is 0.543. The minimum Gasteiger partial charge on any atom is -0.276 e. The number of rotatable bonds is 5. The van der Waals surface area contributed by atoms with Gasteiger partial charge in [0.2, 0.25) is 0 Å². The van der Waals surface area contributed by atoms with E-state index in [1.54, 1.807) is 12.6 Å². The van der Waals surface area contributed by atoms with Crippen LogP contribution in [0.1, 0.15) is 6.92 Å². The summed E-state index contributed by atoms with van der Waals surface area (Å²) in [6, 6.07) is 0. The van der Waals surface area contributed by atoms with E-state index >= 15 is 0 Å². The van der Waals surface area contributed by atoms with E-state index in [9.17, 15) is 8.42 Å². The monoisotopic (exact) mass is 171 g/mol. The van der Waals surface area contributed by atoms with E-state index in [0.717, 1.165) is 7.11 Å². The van der Waals surface area contributed by atoms with E-state index < -0.39 is 10.4 Å². The summed E-state index contributed by atoms with van der Waals surface area (Å²) in [5.74, 6) is 0. The molecule has 0 aromatic heterocycles. The van der Waals surface area contributed by atoms with Gasteiger partial charge < -0.3 is 0 Å². The van der Waals surface area contributed by atoms with E-state index in [2.05, 4.69) is 13.3 Å². The predicted octanol–water partition coefficient (Wildman–Crippen LogP) is -0.650. The van der Waals surface area contributed by atoms with Crippen LogP contribution in [0.2, 0.25) is 0 Å². The van der Waals surface area contributed by atoms with Crippen molar-refractivity contribution < 1.29 is 21.7 Å². The predicted molar refractivity (Wildman–Crippen MR) is 31.8 cm³/mol. The lowest BCUT2D eigenvalue weighted by atomic mass is 10.9. The number of hydrogen-bond donors (Lipinski definition) is 1. The van der Waals surface area contributed by atoms with Gasteiger partial charge in [0.25, 0.3) is 0 Å². The highest BCUT2D eigenvalue weighted by molar-refractivity contribution is 7.81. The highest BCUT2D eigenvalue weighted by atomic mass is 32.3. The van der Waals surface area contributed by atoms with Crippen molar-refractivity contribution in [3.63, 3.8) is 0 Å². The van der Waals surface area contributed by atoms with Gasteiger partial charge in [-0.2, -0.15) is 8.42 Å². The summed E-state index contributed by atoms with van der Waals surface area (Å²) in [5, 5.41) is 0. The highest BCUT2D eigenvalue weighted by Gasteiger charge is 2.07. The van der Waals surface area contributed by atoms with Crippen LogP contribution in [0.3, 0.4) is 0 Å². The Morgan fingerprint density at radius 1 is 1.50 bits per heavy atom. The molecule has 0 aromatic rings. The molecule has 0 saturated carbocycles. The zero-order chi connectivity index (χ0) is 8.04. The highest BCUT2D eigenvalue weighted by Crippen LogP contribution is 1.87. The van der Waals surface area contributed by atoms with Gasteiger partial charge in [-0.15, -0.1) is 4.28 Å². The second-order valence-corrected chi connectivity index (χ2v) is 2.49. The van der Waals surface area contributed by atoms with Crippen molar-refractivity contribution in [1.29, 1.82) is 0 Å². The van der Waals surface area contributed by atoms with Crippen molar-refractivity contribution in [2.24, 2.45) is 0 Å². The molecule has 6 nitrogen and oxygen atoms in total. The standard InChI is InChI=1S/C3H9NO5S/c1-3-8-4-9-10(5,6)7-2/h4H,3H2,1-2H3. The van der Waals surface area contributed by atoms with Crippen molar-refractivity contribution >= 4 is 10.4 Å². The molecule has 1 N–H and O–H groups in total. The molecule has 0 atom stereocenters. The van der Waals surface area contributed by atoms with Gasteiger partial charge in [-0.3, -0.25) is 9.02 Å². The Balaban J connectivity index is 3.49. The molecule has 7 heteroatoms. The minimum absolute atomic E-state index is 0.291. The van der Waals surface area contributed by atoms with Gasteiger partial charge in [-0.1, -0.05) is 5.64 Å². The van der Waals surface area contributed by atoms with Crippen LogP contribution in [0.5, 0.6) is 0 Å². The van der Waals surface area contributed by atoms with Gasteiger partial charge in [0, 0.05) is 0 Å². The molecule has 0 spiro atoms. The summed E-state index contributed by atoms with van der Waals surface area (Å²) in [6.07, 6.45) is 0. The minimum atomic E-state index is -3.93. The van der Waals surface area contributed by atoms with Crippen molar-refractivity contribution in [1.82, 2.24) is 5.64 Å². The molecule has 0 aliphatic carbocycles. The van der Waals surface area contributed by atoms with Crippen molar-refractivity contribution in [2.45, 2.75) is 6.92 Å². The Bertz CT molecular complexity index is 164. The van der Waals surface area contributed by atoms with Crippen molar-refractivity contribution in [2.75, 3.05) is 13.7 Å². The molecule has 0 aliphatic heterocycles. The first-order valence-corrected chi connectivity index (χ1v) is 3.81. The Morgan fingerprint density at radius 2 is 2.10 bits per heavy atom. The topological polar surface area (TPSA) is 73.9 Å². The Morgan fingerprint density at radius 3 is 2.50 bits per heavy atom. The van der Waals surface area contributed by atoms with Crippen LogP contribution in [0.25, 0.3) is 0 Å². The molecule has 0 heterocycles. The average molecular weight is 171 g/mol. The molecule has 0 unspecified atom stereocenters.